The number of rotatable bonds is 3. The number of sulfone groups is 1. The van der Waals surface area contributed by atoms with Gasteiger partial charge in [-0.15, -0.1) is 11.3 Å². The van der Waals surface area contributed by atoms with Gasteiger partial charge in [-0.3, -0.25) is 0 Å². The zero-order valence-corrected chi connectivity index (χ0v) is 11.2. The lowest BCUT2D eigenvalue weighted by Gasteiger charge is -2.21. The first-order chi connectivity index (χ1) is 7.58. The third-order valence-corrected chi connectivity index (χ3v) is 6.47. The van der Waals surface area contributed by atoms with E-state index in [9.17, 15) is 8.42 Å². The summed E-state index contributed by atoms with van der Waals surface area (Å²) < 4.78 is 25.0. The monoisotopic (exact) mass is 279 g/mol. The maximum absolute atomic E-state index is 12.0. The first kappa shape index (κ1) is 12.4. The smallest absolute Gasteiger partial charge is 0.188 e. The minimum absolute atomic E-state index is 0.255. The molecule has 16 heavy (non-hydrogen) atoms. The molecule has 1 aliphatic rings. The van der Waals surface area contributed by atoms with Gasteiger partial charge in [0.25, 0.3) is 0 Å². The van der Waals surface area contributed by atoms with Crippen LogP contribution in [0.2, 0.25) is 4.34 Å². The van der Waals surface area contributed by atoms with Gasteiger partial charge in [-0.2, -0.15) is 0 Å². The normalized spacial score (nSPS) is 18.8. The maximum Gasteiger partial charge on any atom is 0.188 e. The second-order valence-corrected chi connectivity index (χ2v) is 8.01. The SMILES string of the molecule is O=S(=O)(CC1CCNCC1)c1ccc(Cl)s1. The molecule has 0 atom stereocenters. The van der Waals surface area contributed by atoms with Gasteiger partial charge in [0, 0.05) is 0 Å². The highest BCUT2D eigenvalue weighted by Crippen LogP contribution is 2.28. The summed E-state index contributed by atoms with van der Waals surface area (Å²) in [5.74, 6) is 0.540. The third-order valence-electron chi connectivity index (χ3n) is 2.77. The molecule has 0 aromatic carbocycles. The van der Waals surface area contributed by atoms with Crippen molar-refractivity contribution in [3.05, 3.63) is 16.5 Å². The van der Waals surface area contributed by atoms with Crippen molar-refractivity contribution in [3.63, 3.8) is 0 Å². The molecule has 0 radical (unpaired) electrons. The number of thiophene rings is 1. The van der Waals surface area contributed by atoms with Gasteiger partial charge in [-0.05, 0) is 44.0 Å². The molecule has 6 heteroatoms. The summed E-state index contributed by atoms with van der Waals surface area (Å²) in [7, 11) is -3.13. The van der Waals surface area contributed by atoms with E-state index in [1.807, 2.05) is 0 Å². The Morgan fingerprint density at radius 3 is 2.62 bits per heavy atom. The van der Waals surface area contributed by atoms with E-state index in [2.05, 4.69) is 5.32 Å². The van der Waals surface area contributed by atoms with Crippen LogP contribution in [-0.4, -0.2) is 27.3 Å². The molecule has 2 heterocycles. The van der Waals surface area contributed by atoms with E-state index < -0.39 is 9.84 Å². The Bertz CT molecular complexity index is 449. The summed E-state index contributed by atoms with van der Waals surface area (Å²) in [6, 6.07) is 3.24. The molecule has 1 aromatic rings. The summed E-state index contributed by atoms with van der Waals surface area (Å²) in [6.07, 6.45) is 1.89. The Morgan fingerprint density at radius 2 is 2.06 bits per heavy atom. The Balaban J connectivity index is 2.07. The van der Waals surface area contributed by atoms with E-state index in [1.54, 1.807) is 12.1 Å². The number of hydrogen-bond acceptors (Lipinski definition) is 4. The van der Waals surface area contributed by atoms with Crippen molar-refractivity contribution < 1.29 is 8.42 Å². The fourth-order valence-corrected chi connectivity index (χ4v) is 5.19. The molecule has 1 saturated heterocycles. The molecular weight excluding hydrogens is 266 g/mol. The molecule has 90 valence electrons. The minimum atomic E-state index is -3.13. The molecule has 1 aromatic heterocycles. The lowest BCUT2D eigenvalue weighted by Crippen LogP contribution is -2.31. The number of piperidine rings is 1. The van der Waals surface area contributed by atoms with Crippen molar-refractivity contribution in [3.8, 4) is 0 Å². The Kier molecular flexibility index (Phi) is 3.89. The first-order valence-electron chi connectivity index (χ1n) is 5.27. The topological polar surface area (TPSA) is 46.2 Å². The van der Waals surface area contributed by atoms with Crippen molar-refractivity contribution >= 4 is 32.8 Å². The van der Waals surface area contributed by atoms with Crippen molar-refractivity contribution in [1.29, 1.82) is 0 Å². The van der Waals surface area contributed by atoms with E-state index in [0.717, 1.165) is 37.3 Å². The van der Waals surface area contributed by atoms with E-state index in [-0.39, 0.29) is 11.7 Å². The highest BCUT2D eigenvalue weighted by Gasteiger charge is 2.23. The van der Waals surface area contributed by atoms with E-state index >= 15 is 0 Å². The van der Waals surface area contributed by atoms with Gasteiger partial charge >= 0.3 is 0 Å². The fourth-order valence-electron chi connectivity index (χ4n) is 1.91. The Hall–Kier alpha value is -0.100. The van der Waals surface area contributed by atoms with E-state index in [1.165, 1.54) is 0 Å². The minimum Gasteiger partial charge on any atom is -0.317 e. The van der Waals surface area contributed by atoms with Gasteiger partial charge in [0.1, 0.15) is 4.21 Å². The molecule has 1 fully saturated rings. The number of nitrogens with one attached hydrogen (secondary N) is 1. The van der Waals surface area contributed by atoms with Crippen molar-refractivity contribution in [2.45, 2.75) is 17.1 Å². The summed E-state index contributed by atoms with van der Waals surface area (Å²) in [4.78, 5) is 0. The average molecular weight is 280 g/mol. The zero-order chi connectivity index (χ0) is 11.6. The van der Waals surface area contributed by atoms with Crippen LogP contribution in [0.5, 0.6) is 0 Å². The first-order valence-corrected chi connectivity index (χ1v) is 8.11. The quantitative estimate of drug-likeness (QED) is 0.922. The van der Waals surface area contributed by atoms with Crippen LogP contribution in [0.15, 0.2) is 16.3 Å². The molecule has 0 unspecified atom stereocenters. The maximum atomic E-state index is 12.0. The molecule has 1 N–H and O–H groups in total. The van der Waals surface area contributed by atoms with Crippen LogP contribution in [0.25, 0.3) is 0 Å². The molecule has 3 nitrogen and oxygen atoms in total. The molecule has 0 saturated carbocycles. The molecule has 0 aliphatic carbocycles. The van der Waals surface area contributed by atoms with Crippen LogP contribution >= 0.6 is 22.9 Å². The van der Waals surface area contributed by atoms with Crippen LogP contribution < -0.4 is 5.32 Å². The predicted molar refractivity (Wildman–Crippen MR) is 67.0 cm³/mol. The summed E-state index contributed by atoms with van der Waals surface area (Å²) in [6.45, 7) is 1.84. The molecule has 2 rings (SSSR count). The van der Waals surface area contributed by atoms with Gasteiger partial charge in [0.05, 0.1) is 10.1 Å². The fraction of sp³-hybridized carbons (Fsp3) is 0.600. The molecule has 1 aliphatic heterocycles. The van der Waals surface area contributed by atoms with Gasteiger partial charge in [0.15, 0.2) is 9.84 Å². The summed E-state index contributed by atoms with van der Waals surface area (Å²) in [5, 5.41) is 3.23. The number of halogens is 1. The lowest BCUT2D eigenvalue weighted by atomic mass is 10.0. The zero-order valence-electron chi connectivity index (χ0n) is 8.78. The summed E-state index contributed by atoms with van der Waals surface area (Å²) >= 11 is 6.90. The second kappa shape index (κ2) is 5.04. The van der Waals surface area contributed by atoms with Crippen molar-refractivity contribution in [1.82, 2.24) is 5.32 Å². The molecule has 0 amide bonds. The molecular formula is C10H14ClNO2S2. The van der Waals surface area contributed by atoms with Gasteiger partial charge in [-0.1, -0.05) is 11.6 Å². The Morgan fingerprint density at radius 1 is 1.38 bits per heavy atom. The van der Waals surface area contributed by atoms with E-state index in [0.29, 0.717) is 8.55 Å². The largest absolute Gasteiger partial charge is 0.317 e. The van der Waals surface area contributed by atoms with Crippen molar-refractivity contribution in [2.75, 3.05) is 18.8 Å². The van der Waals surface area contributed by atoms with E-state index in [4.69, 9.17) is 11.6 Å². The van der Waals surface area contributed by atoms with Gasteiger partial charge < -0.3 is 5.32 Å². The summed E-state index contributed by atoms with van der Waals surface area (Å²) in [5.41, 5.74) is 0. The average Bonchev–Trinajstić information content (AvgIpc) is 2.66. The van der Waals surface area contributed by atoms with Gasteiger partial charge in [0.2, 0.25) is 0 Å². The van der Waals surface area contributed by atoms with Crippen LogP contribution in [0.1, 0.15) is 12.8 Å². The molecule has 0 spiro atoms. The second-order valence-electron chi connectivity index (χ2n) is 4.03. The highest BCUT2D eigenvalue weighted by molar-refractivity contribution is 7.93. The highest BCUT2D eigenvalue weighted by atomic mass is 35.5. The van der Waals surface area contributed by atoms with Gasteiger partial charge in [-0.25, -0.2) is 8.42 Å². The molecule has 0 bridgehead atoms. The van der Waals surface area contributed by atoms with Crippen LogP contribution in [0.4, 0.5) is 0 Å². The lowest BCUT2D eigenvalue weighted by molar-refractivity contribution is 0.401. The standard InChI is InChI=1S/C10H14ClNO2S2/c11-9-1-2-10(15-9)16(13,14)7-8-3-5-12-6-4-8/h1-2,8,12H,3-7H2. The van der Waals surface area contributed by atoms with Crippen LogP contribution in [-0.2, 0) is 9.84 Å². The predicted octanol–water partition coefficient (Wildman–Crippen LogP) is 2.17. The number of hydrogen-bond donors (Lipinski definition) is 1. The Labute approximate surface area is 105 Å². The third kappa shape index (κ3) is 2.97. The van der Waals surface area contributed by atoms with Crippen molar-refractivity contribution in [2.24, 2.45) is 5.92 Å². The van der Waals surface area contributed by atoms with Crippen LogP contribution in [0, 0.1) is 5.92 Å². The van der Waals surface area contributed by atoms with Crippen LogP contribution in [0.3, 0.4) is 0 Å².